The van der Waals surface area contributed by atoms with Gasteiger partial charge < -0.3 is 5.73 Å². The summed E-state index contributed by atoms with van der Waals surface area (Å²) in [5.74, 6) is 0.625. The van der Waals surface area contributed by atoms with Crippen molar-refractivity contribution in [3.63, 3.8) is 0 Å². The first-order valence-electron chi connectivity index (χ1n) is 2.57. The van der Waals surface area contributed by atoms with Crippen LogP contribution in [0.15, 0.2) is 0 Å². The van der Waals surface area contributed by atoms with Crippen molar-refractivity contribution in [1.82, 2.24) is 9.78 Å². The number of nitrogens with zero attached hydrogens (tertiary/aromatic N) is 2. The highest BCUT2D eigenvalue weighted by atomic mass is 35.5. The lowest BCUT2D eigenvalue weighted by molar-refractivity contribution is 0.779. The van der Waals surface area contributed by atoms with Crippen LogP contribution in [0, 0.1) is 6.92 Å². The van der Waals surface area contributed by atoms with Crippen LogP contribution in [0.4, 0.5) is 5.82 Å². The monoisotopic (exact) mass is 145 g/mol. The highest BCUT2D eigenvalue weighted by Crippen LogP contribution is 2.17. The molecular formula is C5H8ClN3. The predicted molar refractivity (Wildman–Crippen MR) is 37.4 cm³/mol. The molecule has 9 heavy (non-hydrogen) atoms. The topological polar surface area (TPSA) is 43.8 Å². The molecule has 0 unspecified atom stereocenters. The minimum atomic E-state index is 0.481. The van der Waals surface area contributed by atoms with E-state index in [0.29, 0.717) is 11.0 Å². The Kier molecular flexibility index (Phi) is 1.37. The number of nitrogens with two attached hydrogens (primary N) is 1. The Balaban J connectivity index is 3.29. The first kappa shape index (κ1) is 6.42. The van der Waals surface area contributed by atoms with E-state index in [1.807, 2.05) is 6.92 Å². The van der Waals surface area contributed by atoms with Gasteiger partial charge in [0.05, 0.1) is 0 Å². The van der Waals surface area contributed by atoms with Crippen LogP contribution in [0.3, 0.4) is 0 Å². The number of nitrogen functional groups attached to an aromatic ring is 1. The molecule has 0 aliphatic carbocycles. The predicted octanol–water partition coefficient (Wildman–Crippen LogP) is 0.964. The first-order valence-corrected chi connectivity index (χ1v) is 2.95. The SMILES string of the molecule is Cc1c(Cl)nn(C)c1N. The van der Waals surface area contributed by atoms with Gasteiger partial charge in [0.25, 0.3) is 0 Å². The third-order valence-corrected chi connectivity index (χ3v) is 1.64. The molecule has 0 aliphatic heterocycles. The van der Waals surface area contributed by atoms with Gasteiger partial charge in [-0.25, -0.2) is 0 Å². The summed E-state index contributed by atoms with van der Waals surface area (Å²) in [5.41, 5.74) is 6.37. The molecule has 0 spiro atoms. The van der Waals surface area contributed by atoms with Crippen molar-refractivity contribution in [2.24, 2.45) is 7.05 Å². The van der Waals surface area contributed by atoms with Crippen molar-refractivity contribution in [3.8, 4) is 0 Å². The molecule has 1 heterocycles. The number of aromatic nitrogens is 2. The number of rotatable bonds is 0. The van der Waals surface area contributed by atoms with E-state index in [1.54, 1.807) is 11.7 Å². The Morgan fingerprint density at radius 3 is 2.33 bits per heavy atom. The lowest BCUT2D eigenvalue weighted by Crippen LogP contribution is -1.97. The molecule has 1 aromatic heterocycles. The van der Waals surface area contributed by atoms with Gasteiger partial charge in [-0.2, -0.15) is 5.10 Å². The quantitative estimate of drug-likeness (QED) is 0.591. The Morgan fingerprint density at radius 2 is 2.22 bits per heavy atom. The van der Waals surface area contributed by atoms with E-state index < -0.39 is 0 Å². The second-order valence-corrected chi connectivity index (χ2v) is 2.28. The largest absolute Gasteiger partial charge is 0.384 e. The molecule has 0 aromatic carbocycles. The molecule has 0 bridgehead atoms. The molecular weight excluding hydrogens is 138 g/mol. The maximum absolute atomic E-state index is 5.62. The average molecular weight is 146 g/mol. The Morgan fingerprint density at radius 1 is 1.67 bits per heavy atom. The van der Waals surface area contributed by atoms with Crippen molar-refractivity contribution in [1.29, 1.82) is 0 Å². The molecule has 1 aromatic rings. The van der Waals surface area contributed by atoms with Gasteiger partial charge in [-0.15, -0.1) is 0 Å². The number of anilines is 1. The molecule has 0 aliphatic rings. The number of hydrogen-bond donors (Lipinski definition) is 1. The van der Waals surface area contributed by atoms with E-state index in [1.165, 1.54) is 0 Å². The maximum Gasteiger partial charge on any atom is 0.156 e. The summed E-state index contributed by atoms with van der Waals surface area (Å²) >= 11 is 5.62. The summed E-state index contributed by atoms with van der Waals surface area (Å²) in [7, 11) is 1.76. The maximum atomic E-state index is 5.62. The average Bonchev–Trinajstić information content (AvgIpc) is 1.98. The highest BCUT2D eigenvalue weighted by molar-refractivity contribution is 6.30. The number of hydrogen-bond acceptors (Lipinski definition) is 2. The van der Waals surface area contributed by atoms with Crippen LogP contribution >= 0.6 is 11.6 Å². The van der Waals surface area contributed by atoms with E-state index >= 15 is 0 Å². The third-order valence-electron chi connectivity index (χ3n) is 1.28. The molecule has 0 saturated carbocycles. The van der Waals surface area contributed by atoms with Gasteiger partial charge in [-0.05, 0) is 6.92 Å². The van der Waals surface area contributed by atoms with Crippen LogP contribution in [-0.2, 0) is 7.05 Å². The number of halogens is 1. The second kappa shape index (κ2) is 1.92. The molecule has 4 heteroatoms. The van der Waals surface area contributed by atoms with Gasteiger partial charge >= 0.3 is 0 Å². The minimum absolute atomic E-state index is 0.481. The molecule has 0 radical (unpaired) electrons. The van der Waals surface area contributed by atoms with Gasteiger partial charge in [0.15, 0.2) is 5.15 Å². The molecule has 1 rings (SSSR count). The van der Waals surface area contributed by atoms with Crippen LogP contribution < -0.4 is 5.73 Å². The molecule has 0 amide bonds. The van der Waals surface area contributed by atoms with E-state index in [9.17, 15) is 0 Å². The fourth-order valence-corrected chi connectivity index (χ4v) is 0.819. The zero-order valence-electron chi connectivity index (χ0n) is 5.35. The number of aryl methyl sites for hydroxylation is 1. The first-order chi connectivity index (χ1) is 4.13. The van der Waals surface area contributed by atoms with E-state index in [-0.39, 0.29) is 0 Å². The van der Waals surface area contributed by atoms with Crippen molar-refractivity contribution in [2.45, 2.75) is 6.92 Å². The zero-order valence-corrected chi connectivity index (χ0v) is 6.11. The fourth-order valence-electron chi connectivity index (χ4n) is 0.609. The van der Waals surface area contributed by atoms with Crippen LogP contribution in [0.25, 0.3) is 0 Å². The summed E-state index contributed by atoms with van der Waals surface area (Å²) in [5, 5.41) is 4.35. The van der Waals surface area contributed by atoms with E-state index in [4.69, 9.17) is 17.3 Å². The molecule has 2 N–H and O–H groups in total. The Bertz CT molecular complexity index is 206. The molecule has 3 nitrogen and oxygen atoms in total. The summed E-state index contributed by atoms with van der Waals surface area (Å²) in [6, 6.07) is 0. The highest BCUT2D eigenvalue weighted by Gasteiger charge is 2.04. The molecule has 0 atom stereocenters. The zero-order chi connectivity index (χ0) is 7.02. The Hall–Kier alpha value is -0.700. The summed E-state index contributed by atoms with van der Waals surface area (Å²) in [6.07, 6.45) is 0. The van der Waals surface area contributed by atoms with Crippen molar-refractivity contribution >= 4 is 17.4 Å². The lowest BCUT2D eigenvalue weighted by atomic mass is 10.4. The van der Waals surface area contributed by atoms with Crippen molar-refractivity contribution in [2.75, 3.05) is 5.73 Å². The summed E-state index contributed by atoms with van der Waals surface area (Å²) in [6.45, 7) is 1.84. The van der Waals surface area contributed by atoms with Crippen LogP contribution in [0.2, 0.25) is 5.15 Å². The van der Waals surface area contributed by atoms with Crippen LogP contribution in [0.1, 0.15) is 5.56 Å². The van der Waals surface area contributed by atoms with Crippen molar-refractivity contribution < 1.29 is 0 Å². The standard InChI is InChI=1S/C5H8ClN3/c1-3-4(6)8-9(2)5(3)7/h7H2,1-2H3. The molecule has 50 valence electrons. The van der Waals surface area contributed by atoms with Gasteiger partial charge in [-0.3, -0.25) is 4.68 Å². The summed E-state index contributed by atoms with van der Waals surface area (Å²) < 4.78 is 1.55. The third kappa shape index (κ3) is 0.876. The van der Waals surface area contributed by atoms with Crippen molar-refractivity contribution in [3.05, 3.63) is 10.7 Å². The fraction of sp³-hybridized carbons (Fsp3) is 0.400. The smallest absolute Gasteiger partial charge is 0.156 e. The minimum Gasteiger partial charge on any atom is -0.384 e. The summed E-state index contributed by atoms with van der Waals surface area (Å²) in [4.78, 5) is 0. The normalized spacial score (nSPS) is 10.1. The van der Waals surface area contributed by atoms with Gasteiger partial charge in [0.2, 0.25) is 0 Å². The molecule has 0 saturated heterocycles. The second-order valence-electron chi connectivity index (χ2n) is 1.92. The van der Waals surface area contributed by atoms with E-state index in [0.717, 1.165) is 5.56 Å². The van der Waals surface area contributed by atoms with E-state index in [2.05, 4.69) is 5.10 Å². The Labute approximate surface area is 58.4 Å². The van der Waals surface area contributed by atoms with Crippen LogP contribution in [-0.4, -0.2) is 9.78 Å². The van der Waals surface area contributed by atoms with Crippen LogP contribution in [0.5, 0.6) is 0 Å². The molecule has 0 fully saturated rings. The van der Waals surface area contributed by atoms with Gasteiger partial charge in [0, 0.05) is 12.6 Å². The van der Waals surface area contributed by atoms with Gasteiger partial charge in [-0.1, -0.05) is 11.6 Å². The lowest BCUT2D eigenvalue weighted by Gasteiger charge is -1.90. The van der Waals surface area contributed by atoms with Gasteiger partial charge in [0.1, 0.15) is 5.82 Å².